The van der Waals surface area contributed by atoms with Crippen LogP contribution in [0.3, 0.4) is 0 Å². The fourth-order valence-electron chi connectivity index (χ4n) is 20.6. The fraction of sp³-hybridized carbons (Fsp3) is 1.00. The lowest BCUT2D eigenvalue weighted by molar-refractivity contribution is -0.301. The summed E-state index contributed by atoms with van der Waals surface area (Å²) in [6.45, 7) is 25.8. The first-order valence-electron chi connectivity index (χ1n) is 58.4. The van der Waals surface area contributed by atoms with Crippen LogP contribution in [-0.4, -0.2) is 316 Å². The molecule has 846 valence electrons. The lowest BCUT2D eigenvalue weighted by atomic mass is 9.91. The van der Waals surface area contributed by atoms with E-state index in [1.807, 2.05) is 0 Å². The van der Waals surface area contributed by atoms with E-state index in [0.717, 1.165) is 86.6 Å². The summed E-state index contributed by atoms with van der Waals surface area (Å²) in [5.41, 5.74) is -1.03. The zero-order valence-corrected chi connectivity index (χ0v) is 91.8. The number of ether oxygens (including phenoxy) is 15. The molecule has 4 fully saturated rings. The molecule has 1 aliphatic carbocycles. The average molecular weight is 2040 g/mol. The minimum Gasteiger partial charge on any atom is -0.394 e. The van der Waals surface area contributed by atoms with Gasteiger partial charge in [-0.15, -0.1) is 0 Å². The molecule has 0 aromatic carbocycles. The molecule has 3 saturated heterocycles. The van der Waals surface area contributed by atoms with Crippen molar-refractivity contribution in [1.82, 2.24) is 0 Å². The van der Waals surface area contributed by atoms with Gasteiger partial charge in [0, 0.05) is 46.2 Å². The van der Waals surface area contributed by atoms with Gasteiger partial charge >= 0.3 is 0 Å². The van der Waals surface area contributed by atoms with Crippen LogP contribution in [0.4, 0.5) is 0 Å². The highest BCUT2D eigenvalue weighted by atomic mass is 16.7. The second kappa shape index (κ2) is 86.2. The van der Waals surface area contributed by atoms with Gasteiger partial charge < -0.3 is 137 Å². The molecule has 13 N–H and O–H groups in total. The standard InChI is InChI=1S/C114H222O28/c1-87(2)46-37-48-89(5)50-39-52-91(7)54-41-56-93(9)62-72-135-97(75-115)79-128-64-35-31-27-23-19-15-11-13-17-21-25-29-33-58-95-60-61-96(74-95)59-34-30-26-22-18-14-12-16-20-24-28-32-36-65-129-80-98(136-73-63-94(10)57-42-55-92(8)53-40-51-90(6)49-38-47-88(3)4)81-133-86-134-85-114(82-130-66-43-69-137-111-108(125)105(122)102(119)99(76-116)140-111,83-131-67-44-70-138-112-109(126)106(123)103(120)100(77-117)141-112)84-132-68-45-71-139-113-110(127)107(124)104(121)101(78-118)142-113/h87-113,115-127H,11-86H2,1-10H3/t89-,90-,91-,92-,93?,94?,95+,96-,97?,98?,99-,100-,101-,102-,103-,104-,105+,106+,107+,108+,109+,110+,111+,112+,113+/m1/s1. The van der Waals surface area contributed by atoms with Crippen LogP contribution in [0.1, 0.15) is 416 Å². The number of aliphatic hydroxyl groups excluding tert-OH is 13. The van der Waals surface area contributed by atoms with Gasteiger partial charge in [-0.05, 0) is 111 Å². The monoisotopic (exact) mass is 2040 g/mol. The van der Waals surface area contributed by atoms with E-state index < -0.39 is 117 Å². The van der Waals surface area contributed by atoms with E-state index in [0.29, 0.717) is 50.8 Å². The van der Waals surface area contributed by atoms with Gasteiger partial charge in [0.05, 0.1) is 97.9 Å². The van der Waals surface area contributed by atoms with Crippen molar-refractivity contribution in [3.05, 3.63) is 0 Å². The van der Waals surface area contributed by atoms with Crippen molar-refractivity contribution < 1.29 is 137 Å². The second-order valence-electron chi connectivity index (χ2n) is 45.5. The van der Waals surface area contributed by atoms with Crippen LogP contribution in [0.25, 0.3) is 0 Å². The number of unbranched alkanes of at least 4 members (excludes halogenated alkanes) is 24. The molecule has 28 heteroatoms. The lowest BCUT2D eigenvalue weighted by Crippen LogP contribution is -2.59. The molecule has 28 nitrogen and oxygen atoms in total. The van der Waals surface area contributed by atoms with Gasteiger partial charge in [-0.2, -0.15) is 0 Å². The minimum absolute atomic E-state index is 0.000489. The summed E-state index contributed by atoms with van der Waals surface area (Å²) < 4.78 is 90.4. The van der Waals surface area contributed by atoms with Crippen LogP contribution in [0.15, 0.2) is 0 Å². The number of hydrogen-bond acceptors (Lipinski definition) is 28. The Bertz CT molecular complexity index is 2630. The van der Waals surface area contributed by atoms with Crippen molar-refractivity contribution >= 4 is 0 Å². The Morgan fingerprint density at radius 2 is 0.507 bits per heavy atom. The first kappa shape index (κ1) is 133. The van der Waals surface area contributed by atoms with Gasteiger partial charge in [-0.1, -0.05) is 365 Å². The Labute approximate surface area is 863 Å². The molecule has 4 unspecified atom stereocenters. The third-order valence-electron chi connectivity index (χ3n) is 30.5. The molecule has 0 bridgehead atoms. The van der Waals surface area contributed by atoms with Gasteiger partial charge in [0.25, 0.3) is 0 Å². The van der Waals surface area contributed by atoms with E-state index in [9.17, 15) is 66.4 Å². The summed E-state index contributed by atoms with van der Waals surface area (Å²) in [5.74, 6) is 7.89. The van der Waals surface area contributed by atoms with Crippen molar-refractivity contribution in [2.45, 2.75) is 520 Å². The molecule has 25 atom stereocenters. The molecular formula is C114H222O28. The summed E-state index contributed by atoms with van der Waals surface area (Å²) in [6, 6.07) is 0. The maximum Gasteiger partial charge on any atom is 0.186 e. The van der Waals surface area contributed by atoms with Crippen LogP contribution >= 0.6 is 0 Å². The molecule has 142 heavy (non-hydrogen) atoms. The van der Waals surface area contributed by atoms with E-state index in [-0.39, 0.29) is 118 Å². The number of rotatable bonds is 99. The highest BCUT2D eigenvalue weighted by Gasteiger charge is 2.47. The Balaban J connectivity index is 1.11. The van der Waals surface area contributed by atoms with Crippen molar-refractivity contribution in [3.63, 3.8) is 0 Å². The summed E-state index contributed by atoms with van der Waals surface area (Å²) in [6.07, 6.45) is 45.8. The van der Waals surface area contributed by atoms with Gasteiger partial charge in [-0.25, -0.2) is 0 Å². The Kier molecular flexibility index (Phi) is 80.9. The third-order valence-corrected chi connectivity index (χ3v) is 30.5. The summed E-state index contributed by atoms with van der Waals surface area (Å²) in [5, 5.41) is 133. The molecule has 3 heterocycles. The lowest BCUT2D eigenvalue weighted by Gasteiger charge is -2.39. The quantitative estimate of drug-likeness (QED) is 0.0199. The molecule has 0 aromatic rings. The van der Waals surface area contributed by atoms with Crippen LogP contribution in [0, 0.1) is 64.6 Å². The second-order valence-corrected chi connectivity index (χ2v) is 45.5. The molecular weight excluding hydrogens is 1820 g/mol. The first-order chi connectivity index (χ1) is 68.7. The average Bonchev–Trinajstić information content (AvgIpc) is 0.888. The normalized spacial score (nSPS) is 25.4. The van der Waals surface area contributed by atoms with Crippen LogP contribution in [-0.2, 0) is 71.1 Å². The molecule has 4 rings (SSSR count). The van der Waals surface area contributed by atoms with E-state index in [4.69, 9.17) is 71.1 Å². The Morgan fingerprint density at radius 3 is 0.810 bits per heavy atom. The molecule has 3 aliphatic heterocycles. The van der Waals surface area contributed by atoms with Crippen molar-refractivity contribution in [2.75, 3.05) is 146 Å². The number of aliphatic hydroxyl groups is 13. The van der Waals surface area contributed by atoms with E-state index in [2.05, 4.69) is 69.2 Å². The summed E-state index contributed by atoms with van der Waals surface area (Å²) in [7, 11) is 0. The minimum atomic E-state index is -1.61. The summed E-state index contributed by atoms with van der Waals surface area (Å²) in [4.78, 5) is 0. The van der Waals surface area contributed by atoms with Crippen LogP contribution < -0.4 is 0 Å². The predicted molar refractivity (Wildman–Crippen MR) is 560 cm³/mol. The predicted octanol–water partition coefficient (Wildman–Crippen LogP) is 18.7. The van der Waals surface area contributed by atoms with Crippen molar-refractivity contribution in [1.29, 1.82) is 0 Å². The highest BCUT2D eigenvalue weighted by molar-refractivity contribution is 4.92. The molecule has 1 saturated carbocycles. The van der Waals surface area contributed by atoms with Crippen molar-refractivity contribution in [2.24, 2.45) is 64.6 Å². The zero-order valence-electron chi connectivity index (χ0n) is 91.8. The van der Waals surface area contributed by atoms with Gasteiger partial charge in [0.1, 0.15) is 92.2 Å². The maximum absolute atomic E-state index is 10.6. The largest absolute Gasteiger partial charge is 0.394 e. The smallest absolute Gasteiger partial charge is 0.186 e. The van der Waals surface area contributed by atoms with Gasteiger partial charge in [-0.3, -0.25) is 0 Å². The Hall–Kier alpha value is -1.12. The van der Waals surface area contributed by atoms with Gasteiger partial charge in [0.2, 0.25) is 0 Å². The molecule has 0 aromatic heterocycles. The SMILES string of the molecule is CC(C)CCC[C@@H](C)CCC[C@@H](C)CCCC(C)CCOC(CO)COCCCCCCCCCCCCCCC[C@H]1CC[C@@H](CCCCCCCCCCCCCCCOCC(COCOCC(COCCCO[C@H]2O[C@H](CO)[C@@H](O)[C@H](O)[C@@H]2O)(COCCCO[C@H]2O[C@H](CO)[C@@H](O)[C@H](O)[C@@H]2O)COCCCO[C@H]2O[C@H](CO)[C@@H](O)[C@H](O)[C@@H]2O)OCCC(C)CCC[C@H](C)CCC[C@H](C)CCCC(C)C)C1. The maximum atomic E-state index is 10.6. The van der Waals surface area contributed by atoms with Gasteiger partial charge in [0.15, 0.2) is 18.9 Å². The van der Waals surface area contributed by atoms with Crippen LogP contribution in [0.5, 0.6) is 0 Å². The molecule has 4 aliphatic rings. The molecule has 0 spiro atoms. The summed E-state index contributed by atoms with van der Waals surface area (Å²) >= 11 is 0. The highest BCUT2D eigenvalue weighted by Crippen LogP contribution is 2.38. The fourth-order valence-corrected chi connectivity index (χ4v) is 20.6. The topological polar surface area (TPSA) is 401 Å². The third kappa shape index (κ3) is 64.1. The van der Waals surface area contributed by atoms with Crippen molar-refractivity contribution in [3.8, 4) is 0 Å². The molecule has 0 radical (unpaired) electrons. The Morgan fingerprint density at radius 1 is 0.246 bits per heavy atom. The van der Waals surface area contributed by atoms with E-state index >= 15 is 0 Å². The van der Waals surface area contributed by atoms with Crippen LogP contribution in [0.2, 0.25) is 0 Å². The van der Waals surface area contributed by atoms with E-state index in [1.165, 1.54) is 289 Å². The van der Waals surface area contributed by atoms with E-state index in [1.54, 1.807) is 0 Å². The molecule has 0 amide bonds. The zero-order chi connectivity index (χ0) is 103. The first-order valence-corrected chi connectivity index (χ1v) is 58.4. The number of hydrogen-bond donors (Lipinski definition) is 13.